The van der Waals surface area contributed by atoms with Crippen LogP contribution in [-0.2, 0) is 20.9 Å². The Morgan fingerprint density at radius 3 is 2.39 bits per heavy atom. The maximum Gasteiger partial charge on any atom is 0.253 e. The van der Waals surface area contributed by atoms with E-state index in [-0.39, 0.29) is 48.9 Å². The minimum atomic E-state index is -0.271. The SMILES string of the molecule is CC1CN(C(=O)C2CCN(CC(=O)N(C)c3ccccc3C(=O)NCc3ccco3)CC2)CC(C)O1. The van der Waals surface area contributed by atoms with E-state index < -0.39 is 0 Å². The van der Waals surface area contributed by atoms with Gasteiger partial charge in [-0.05, 0) is 64.0 Å². The van der Waals surface area contributed by atoms with Crippen LogP contribution in [0.15, 0.2) is 47.1 Å². The van der Waals surface area contributed by atoms with Crippen molar-refractivity contribution in [1.82, 2.24) is 15.1 Å². The second-order valence-electron chi connectivity index (χ2n) is 9.78. The highest BCUT2D eigenvalue weighted by Gasteiger charge is 2.33. The summed E-state index contributed by atoms with van der Waals surface area (Å²) in [6.45, 7) is 7.18. The largest absolute Gasteiger partial charge is 0.467 e. The first-order chi connectivity index (χ1) is 17.3. The molecule has 0 aliphatic carbocycles. The lowest BCUT2D eigenvalue weighted by atomic mass is 9.94. The lowest BCUT2D eigenvalue weighted by molar-refractivity contribution is -0.148. The summed E-state index contributed by atoms with van der Waals surface area (Å²) in [5.74, 6) is 0.485. The molecule has 1 aromatic carbocycles. The Labute approximate surface area is 212 Å². The Hall–Kier alpha value is -3.17. The number of nitrogens with one attached hydrogen (secondary N) is 1. The number of piperidine rings is 1. The van der Waals surface area contributed by atoms with Gasteiger partial charge in [-0.15, -0.1) is 0 Å². The Bertz CT molecular complexity index is 1040. The smallest absolute Gasteiger partial charge is 0.253 e. The highest BCUT2D eigenvalue weighted by atomic mass is 16.5. The third kappa shape index (κ3) is 6.33. The van der Waals surface area contributed by atoms with Crippen molar-refractivity contribution in [2.75, 3.05) is 44.7 Å². The molecule has 194 valence electrons. The molecule has 2 unspecified atom stereocenters. The number of anilines is 1. The minimum absolute atomic E-state index is 0.00911. The molecule has 2 fully saturated rings. The minimum Gasteiger partial charge on any atom is -0.467 e. The number of nitrogens with zero attached hydrogens (tertiary/aromatic N) is 3. The molecule has 9 heteroatoms. The zero-order chi connectivity index (χ0) is 25.7. The van der Waals surface area contributed by atoms with Gasteiger partial charge in [-0.2, -0.15) is 0 Å². The fourth-order valence-electron chi connectivity index (χ4n) is 5.02. The van der Waals surface area contributed by atoms with Crippen molar-refractivity contribution >= 4 is 23.4 Å². The first kappa shape index (κ1) is 25.9. The second-order valence-corrected chi connectivity index (χ2v) is 9.78. The summed E-state index contributed by atoms with van der Waals surface area (Å²) < 4.78 is 11.0. The van der Waals surface area contributed by atoms with Gasteiger partial charge in [-0.3, -0.25) is 19.3 Å². The lowest BCUT2D eigenvalue weighted by Gasteiger charge is -2.39. The number of carbonyl (C=O) groups excluding carboxylic acids is 3. The van der Waals surface area contributed by atoms with Crippen molar-refractivity contribution in [3.8, 4) is 0 Å². The van der Waals surface area contributed by atoms with E-state index in [1.165, 1.54) is 4.90 Å². The van der Waals surface area contributed by atoms with E-state index >= 15 is 0 Å². The van der Waals surface area contributed by atoms with E-state index in [2.05, 4.69) is 10.2 Å². The van der Waals surface area contributed by atoms with Crippen LogP contribution in [-0.4, -0.2) is 79.5 Å². The van der Waals surface area contributed by atoms with Gasteiger partial charge in [0.1, 0.15) is 5.76 Å². The van der Waals surface area contributed by atoms with Crippen molar-refractivity contribution in [2.24, 2.45) is 5.92 Å². The van der Waals surface area contributed by atoms with E-state index in [1.807, 2.05) is 24.8 Å². The van der Waals surface area contributed by atoms with Crippen LogP contribution < -0.4 is 10.2 Å². The van der Waals surface area contributed by atoms with Gasteiger partial charge in [-0.1, -0.05) is 12.1 Å². The van der Waals surface area contributed by atoms with E-state index in [9.17, 15) is 14.4 Å². The van der Waals surface area contributed by atoms with Crippen LogP contribution in [0.5, 0.6) is 0 Å². The number of carbonyl (C=O) groups is 3. The van der Waals surface area contributed by atoms with Gasteiger partial charge in [0, 0.05) is 26.1 Å². The van der Waals surface area contributed by atoms with E-state index in [1.54, 1.807) is 43.6 Å². The monoisotopic (exact) mass is 496 g/mol. The predicted octanol–water partition coefficient (Wildman–Crippen LogP) is 2.52. The first-order valence-corrected chi connectivity index (χ1v) is 12.6. The number of likely N-dealkylation sites (N-methyl/N-ethyl adjacent to an activating group) is 1. The highest BCUT2D eigenvalue weighted by molar-refractivity contribution is 6.05. The van der Waals surface area contributed by atoms with Crippen LogP contribution in [0.25, 0.3) is 0 Å². The van der Waals surface area contributed by atoms with Crippen LogP contribution >= 0.6 is 0 Å². The summed E-state index contributed by atoms with van der Waals surface area (Å²) in [5.41, 5.74) is 0.984. The number of likely N-dealkylation sites (tertiary alicyclic amines) is 1. The van der Waals surface area contributed by atoms with Gasteiger partial charge < -0.3 is 24.3 Å². The predicted molar refractivity (Wildman–Crippen MR) is 135 cm³/mol. The molecule has 4 rings (SSSR count). The topological polar surface area (TPSA) is 95.3 Å². The summed E-state index contributed by atoms with van der Waals surface area (Å²) in [4.78, 5) is 44.5. The molecule has 2 aliphatic rings. The number of ether oxygens (including phenoxy) is 1. The number of rotatable bonds is 7. The average Bonchev–Trinajstić information content (AvgIpc) is 3.40. The van der Waals surface area contributed by atoms with Crippen molar-refractivity contribution in [3.05, 3.63) is 54.0 Å². The van der Waals surface area contributed by atoms with Crippen LogP contribution in [0, 0.1) is 5.92 Å². The van der Waals surface area contributed by atoms with Gasteiger partial charge in [0.15, 0.2) is 0 Å². The van der Waals surface area contributed by atoms with Crippen molar-refractivity contribution < 1.29 is 23.5 Å². The summed E-state index contributed by atoms with van der Waals surface area (Å²) in [7, 11) is 1.69. The molecule has 9 nitrogen and oxygen atoms in total. The molecule has 2 aromatic rings. The fourth-order valence-corrected chi connectivity index (χ4v) is 5.02. The van der Waals surface area contributed by atoms with Crippen LogP contribution in [0.4, 0.5) is 5.69 Å². The maximum absolute atomic E-state index is 13.1. The number of hydrogen-bond donors (Lipinski definition) is 1. The van der Waals surface area contributed by atoms with Gasteiger partial charge >= 0.3 is 0 Å². The molecule has 2 saturated heterocycles. The standard InChI is InChI=1S/C27H36N4O5/c1-19-16-31(17-20(2)36-19)27(34)21-10-12-30(13-11-21)18-25(32)29(3)24-9-5-4-8-23(24)26(33)28-15-22-7-6-14-35-22/h4-9,14,19-21H,10-13,15-18H2,1-3H3,(H,28,33). The molecule has 0 radical (unpaired) electrons. The number of morpholine rings is 1. The number of furan rings is 1. The third-order valence-electron chi connectivity index (χ3n) is 6.91. The van der Waals surface area contributed by atoms with Crippen LogP contribution in [0.1, 0.15) is 42.8 Å². The summed E-state index contributed by atoms with van der Waals surface area (Å²) in [6.07, 6.45) is 3.15. The van der Waals surface area contributed by atoms with Crippen LogP contribution in [0.2, 0.25) is 0 Å². The molecule has 0 spiro atoms. The fraction of sp³-hybridized carbons (Fsp3) is 0.519. The molecule has 3 amide bonds. The van der Waals surface area contributed by atoms with E-state index in [4.69, 9.17) is 9.15 Å². The molecular weight excluding hydrogens is 460 g/mol. The third-order valence-corrected chi connectivity index (χ3v) is 6.91. The molecule has 1 N–H and O–H groups in total. The first-order valence-electron chi connectivity index (χ1n) is 12.6. The second kappa shape index (κ2) is 11.7. The highest BCUT2D eigenvalue weighted by Crippen LogP contribution is 2.24. The zero-order valence-electron chi connectivity index (χ0n) is 21.3. The Balaban J connectivity index is 1.29. The number of amides is 3. The average molecular weight is 497 g/mol. The summed E-state index contributed by atoms with van der Waals surface area (Å²) in [5, 5.41) is 2.84. The molecule has 0 bridgehead atoms. The molecule has 2 aliphatic heterocycles. The Morgan fingerprint density at radius 1 is 1.03 bits per heavy atom. The van der Waals surface area contributed by atoms with Gasteiger partial charge in [0.05, 0.1) is 42.8 Å². The maximum atomic E-state index is 13.1. The number of hydrogen-bond acceptors (Lipinski definition) is 6. The van der Waals surface area contributed by atoms with Crippen molar-refractivity contribution in [2.45, 2.75) is 45.4 Å². The normalized spacial score (nSPS) is 21.2. The lowest BCUT2D eigenvalue weighted by Crippen LogP contribution is -2.52. The van der Waals surface area contributed by atoms with Crippen molar-refractivity contribution in [1.29, 1.82) is 0 Å². The molecule has 3 heterocycles. The molecule has 2 atom stereocenters. The quantitative estimate of drug-likeness (QED) is 0.633. The molecule has 0 saturated carbocycles. The van der Waals surface area contributed by atoms with Crippen molar-refractivity contribution in [3.63, 3.8) is 0 Å². The molecule has 36 heavy (non-hydrogen) atoms. The zero-order valence-corrected chi connectivity index (χ0v) is 21.3. The summed E-state index contributed by atoms with van der Waals surface area (Å²) in [6, 6.07) is 10.6. The molecular formula is C27H36N4O5. The molecule has 1 aromatic heterocycles. The van der Waals surface area contributed by atoms with Gasteiger partial charge in [0.25, 0.3) is 5.91 Å². The van der Waals surface area contributed by atoms with Crippen LogP contribution in [0.3, 0.4) is 0 Å². The Kier molecular flexibility index (Phi) is 8.43. The Morgan fingerprint density at radius 2 is 1.72 bits per heavy atom. The number of para-hydroxylation sites is 1. The summed E-state index contributed by atoms with van der Waals surface area (Å²) >= 11 is 0. The number of benzene rings is 1. The van der Waals surface area contributed by atoms with Gasteiger partial charge in [0.2, 0.25) is 11.8 Å². The van der Waals surface area contributed by atoms with Gasteiger partial charge in [-0.25, -0.2) is 0 Å². The van der Waals surface area contributed by atoms with E-state index in [0.29, 0.717) is 43.2 Å². The van der Waals surface area contributed by atoms with E-state index in [0.717, 1.165) is 12.8 Å².